The Morgan fingerprint density at radius 3 is 2.05 bits per heavy atom. The molecule has 0 saturated carbocycles. The third kappa shape index (κ3) is 2.94. The Balaban J connectivity index is 3.17. The maximum absolute atomic E-state index is 12.6. The fraction of sp³-hybridized carbons (Fsp3) is 0.625. The molecule has 0 aliphatic rings. The zero-order valence-corrected chi connectivity index (χ0v) is 13.8. The summed E-state index contributed by atoms with van der Waals surface area (Å²) in [6.45, 7) is 13.5. The fourth-order valence-electron chi connectivity index (χ4n) is 2.43. The summed E-state index contributed by atoms with van der Waals surface area (Å²) in [4.78, 5) is 29.1. The molecule has 112 valence electrons. The highest BCUT2D eigenvalue weighted by Gasteiger charge is 2.30. The molecule has 0 saturated heterocycles. The smallest absolute Gasteiger partial charge is 0.270 e. The molecule has 1 unspecified atom stereocenters. The molecule has 1 rings (SSSR count). The molecule has 0 fully saturated rings. The normalized spacial score (nSPS) is 13.2. The van der Waals surface area contributed by atoms with Crippen LogP contribution in [0.15, 0.2) is 0 Å². The third-order valence-corrected chi connectivity index (χ3v) is 4.16. The number of aromatic nitrogens is 1. The van der Waals surface area contributed by atoms with Gasteiger partial charge in [0.15, 0.2) is 5.78 Å². The number of aromatic amines is 1. The lowest BCUT2D eigenvalue weighted by Gasteiger charge is -2.35. The number of amides is 1. The van der Waals surface area contributed by atoms with E-state index < -0.39 is 0 Å². The van der Waals surface area contributed by atoms with E-state index in [0.717, 1.165) is 11.3 Å². The lowest BCUT2D eigenvalue weighted by Crippen LogP contribution is -2.43. The van der Waals surface area contributed by atoms with Gasteiger partial charge in [0.25, 0.3) is 5.91 Å². The molecule has 0 bridgehead atoms. The zero-order valence-electron chi connectivity index (χ0n) is 13.8. The Morgan fingerprint density at radius 2 is 1.70 bits per heavy atom. The maximum atomic E-state index is 12.6. The summed E-state index contributed by atoms with van der Waals surface area (Å²) in [6.07, 6.45) is 0. The number of hydrogen-bond acceptors (Lipinski definition) is 2. The first kappa shape index (κ1) is 16.5. The average molecular weight is 278 g/mol. The Morgan fingerprint density at radius 1 is 1.20 bits per heavy atom. The van der Waals surface area contributed by atoms with Crippen LogP contribution in [0.2, 0.25) is 0 Å². The summed E-state index contributed by atoms with van der Waals surface area (Å²) >= 11 is 0. The van der Waals surface area contributed by atoms with Crippen LogP contribution in [0.3, 0.4) is 0 Å². The van der Waals surface area contributed by atoms with Gasteiger partial charge in [-0.15, -0.1) is 0 Å². The second kappa shape index (κ2) is 5.43. The summed E-state index contributed by atoms with van der Waals surface area (Å²) in [6, 6.07) is 0.0961. The second-order valence-electron chi connectivity index (χ2n) is 6.64. The van der Waals surface area contributed by atoms with Gasteiger partial charge < -0.3 is 9.88 Å². The van der Waals surface area contributed by atoms with Crippen molar-refractivity contribution in [3.05, 3.63) is 22.5 Å². The molecule has 4 nitrogen and oxygen atoms in total. The predicted molar refractivity (Wildman–Crippen MR) is 81.3 cm³/mol. The van der Waals surface area contributed by atoms with Crippen LogP contribution in [0.4, 0.5) is 0 Å². The summed E-state index contributed by atoms with van der Waals surface area (Å²) in [7, 11) is 1.81. The van der Waals surface area contributed by atoms with E-state index in [1.165, 1.54) is 6.92 Å². The van der Waals surface area contributed by atoms with Gasteiger partial charge in [0.05, 0.1) is 0 Å². The molecule has 20 heavy (non-hydrogen) atoms. The van der Waals surface area contributed by atoms with Crippen molar-refractivity contribution in [2.45, 2.75) is 54.5 Å². The molecule has 1 aromatic heterocycles. The number of ketones is 1. The monoisotopic (exact) mass is 278 g/mol. The van der Waals surface area contributed by atoms with E-state index >= 15 is 0 Å². The van der Waals surface area contributed by atoms with E-state index in [2.05, 4.69) is 25.8 Å². The Hall–Kier alpha value is -1.58. The molecule has 4 heteroatoms. The van der Waals surface area contributed by atoms with Crippen molar-refractivity contribution in [3.8, 4) is 0 Å². The molecule has 0 aliphatic carbocycles. The Labute approximate surface area is 121 Å². The minimum atomic E-state index is -0.0690. The largest absolute Gasteiger partial charge is 0.354 e. The first-order valence-corrected chi connectivity index (χ1v) is 6.95. The number of nitrogens with zero attached hydrogens (tertiary/aromatic N) is 1. The van der Waals surface area contributed by atoms with E-state index in [0.29, 0.717) is 11.3 Å². The fourth-order valence-corrected chi connectivity index (χ4v) is 2.43. The molecule has 1 amide bonds. The van der Waals surface area contributed by atoms with Gasteiger partial charge in [0.1, 0.15) is 5.69 Å². The minimum Gasteiger partial charge on any atom is -0.354 e. The van der Waals surface area contributed by atoms with Crippen LogP contribution < -0.4 is 0 Å². The number of hydrogen-bond donors (Lipinski definition) is 1. The molecule has 0 aromatic carbocycles. The highest BCUT2D eigenvalue weighted by Crippen LogP contribution is 2.26. The van der Waals surface area contributed by atoms with Crippen LogP contribution in [0.1, 0.15) is 66.7 Å². The third-order valence-electron chi connectivity index (χ3n) is 4.16. The zero-order chi connectivity index (χ0) is 15.8. The molecule has 1 N–H and O–H groups in total. The van der Waals surface area contributed by atoms with E-state index in [9.17, 15) is 9.59 Å². The van der Waals surface area contributed by atoms with Crippen LogP contribution in [-0.4, -0.2) is 34.7 Å². The van der Waals surface area contributed by atoms with Crippen LogP contribution in [-0.2, 0) is 0 Å². The highest BCUT2D eigenvalue weighted by molar-refractivity contribution is 6.02. The van der Waals surface area contributed by atoms with Gasteiger partial charge in [0, 0.05) is 24.3 Å². The summed E-state index contributed by atoms with van der Waals surface area (Å²) < 4.78 is 0. The van der Waals surface area contributed by atoms with Gasteiger partial charge in [-0.3, -0.25) is 9.59 Å². The average Bonchev–Trinajstić information content (AvgIpc) is 2.60. The minimum absolute atomic E-state index is 0.00333. The van der Waals surface area contributed by atoms with E-state index in [1.54, 1.807) is 11.9 Å². The topological polar surface area (TPSA) is 53.2 Å². The molecule has 1 heterocycles. The van der Waals surface area contributed by atoms with Crippen molar-refractivity contribution in [3.63, 3.8) is 0 Å². The number of nitrogens with one attached hydrogen (secondary N) is 1. The van der Waals surface area contributed by atoms with Crippen LogP contribution in [0.25, 0.3) is 0 Å². The summed E-state index contributed by atoms with van der Waals surface area (Å²) in [5.41, 5.74) is 2.66. The van der Waals surface area contributed by atoms with E-state index in [4.69, 9.17) is 0 Å². The van der Waals surface area contributed by atoms with Gasteiger partial charge in [-0.05, 0) is 38.7 Å². The Kier molecular flexibility index (Phi) is 4.47. The van der Waals surface area contributed by atoms with E-state index in [1.807, 2.05) is 20.8 Å². The number of carbonyl (C=O) groups excluding carboxylic acids is 2. The molecular formula is C16H26N2O2. The van der Waals surface area contributed by atoms with Crippen molar-refractivity contribution < 1.29 is 9.59 Å². The standard InChI is InChI=1S/C16H26N2O2/c1-9-13(11(3)19)10(2)17-14(9)15(20)18(8)12(4)16(5,6)7/h12,17H,1-8H3. The number of H-pyrrole nitrogens is 1. The summed E-state index contributed by atoms with van der Waals surface area (Å²) in [5.74, 6) is -0.0812. The molecule has 0 aliphatic heterocycles. The molecule has 0 spiro atoms. The molecular weight excluding hydrogens is 252 g/mol. The SMILES string of the molecule is CC(=O)c1c(C)[nH]c(C(=O)N(C)C(C)C(C)(C)C)c1C. The van der Waals surface area contributed by atoms with Crippen LogP contribution in [0.5, 0.6) is 0 Å². The number of rotatable bonds is 3. The number of aryl methyl sites for hydroxylation is 1. The predicted octanol–water partition coefficient (Wildman–Crippen LogP) is 3.34. The van der Waals surface area contributed by atoms with Crippen molar-refractivity contribution in [1.29, 1.82) is 0 Å². The number of carbonyl (C=O) groups is 2. The van der Waals surface area contributed by atoms with Gasteiger partial charge in [0.2, 0.25) is 0 Å². The molecule has 1 aromatic rings. The lowest BCUT2D eigenvalue weighted by molar-refractivity contribution is 0.0623. The van der Waals surface area contributed by atoms with Crippen molar-refractivity contribution >= 4 is 11.7 Å². The van der Waals surface area contributed by atoms with Crippen molar-refractivity contribution in [1.82, 2.24) is 9.88 Å². The highest BCUT2D eigenvalue weighted by atomic mass is 16.2. The Bertz CT molecular complexity index is 535. The van der Waals surface area contributed by atoms with Crippen molar-refractivity contribution in [2.75, 3.05) is 7.05 Å². The van der Waals surface area contributed by atoms with Gasteiger partial charge in [-0.1, -0.05) is 20.8 Å². The molecule has 1 atom stereocenters. The first-order valence-electron chi connectivity index (χ1n) is 6.95. The second-order valence-corrected chi connectivity index (χ2v) is 6.64. The van der Waals surface area contributed by atoms with Gasteiger partial charge in [-0.2, -0.15) is 0 Å². The quantitative estimate of drug-likeness (QED) is 0.862. The van der Waals surface area contributed by atoms with Gasteiger partial charge in [-0.25, -0.2) is 0 Å². The summed E-state index contributed by atoms with van der Waals surface area (Å²) in [5, 5.41) is 0. The lowest BCUT2D eigenvalue weighted by atomic mass is 9.87. The van der Waals surface area contributed by atoms with Crippen molar-refractivity contribution in [2.24, 2.45) is 5.41 Å². The van der Waals surface area contributed by atoms with Gasteiger partial charge >= 0.3 is 0 Å². The van der Waals surface area contributed by atoms with Crippen LogP contribution >= 0.6 is 0 Å². The van der Waals surface area contributed by atoms with Crippen LogP contribution in [0, 0.1) is 19.3 Å². The van der Waals surface area contributed by atoms with E-state index in [-0.39, 0.29) is 23.1 Å². The number of Topliss-reactive ketones (excluding diaryl/α,β-unsaturated/α-hetero) is 1. The first-order chi connectivity index (χ1) is 8.98. The maximum Gasteiger partial charge on any atom is 0.270 e. The molecule has 0 radical (unpaired) electrons.